The molecule has 0 bridgehead atoms. The molecule has 2 heterocycles. The topological polar surface area (TPSA) is 32.8 Å². The lowest BCUT2D eigenvalue weighted by Crippen LogP contribution is -2.31. The van der Waals surface area contributed by atoms with E-state index in [1.807, 2.05) is 30.3 Å². The van der Waals surface area contributed by atoms with Crippen molar-refractivity contribution in [3.05, 3.63) is 30.3 Å². The zero-order chi connectivity index (χ0) is 13.1. The second kappa shape index (κ2) is 5.66. The summed E-state index contributed by atoms with van der Waals surface area (Å²) in [4.78, 5) is 0. The quantitative estimate of drug-likeness (QED) is 0.792. The minimum absolute atomic E-state index is 0.713. The van der Waals surface area contributed by atoms with Gasteiger partial charge >= 0.3 is 7.67 Å². The van der Waals surface area contributed by atoms with Gasteiger partial charge in [0.25, 0.3) is 0 Å². The maximum Gasteiger partial charge on any atom is 0.395 e. The molecule has 2 aliphatic rings. The highest BCUT2D eigenvalue weighted by molar-refractivity contribution is 7.54. The molecule has 0 spiro atoms. The fourth-order valence-corrected chi connectivity index (χ4v) is 5.38. The maximum absolute atomic E-state index is 13.4. The fraction of sp³-hybridized carbons (Fsp3) is 0.571. The van der Waals surface area contributed by atoms with Crippen molar-refractivity contribution in [1.29, 1.82) is 0 Å². The van der Waals surface area contributed by atoms with Gasteiger partial charge in [-0.05, 0) is 37.8 Å². The van der Waals surface area contributed by atoms with Gasteiger partial charge in [-0.3, -0.25) is 0 Å². The smallest absolute Gasteiger partial charge is 0.395 e. The van der Waals surface area contributed by atoms with Gasteiger partial charge in [0.15, 0.2) is 0 Å². The number of rotatable bonds is 4. The van der Waals surface area contributed by atoms with Crippen LogP contribution >= 0.6 is 7.67 Å². The molecule has 1 aromatic carbocycles. The van der Waals surface area contributed by atoms with E-state index in [-0.39, 0.29) is 0 Å². The van der Waals surface area contributed by atoms with Crippen LogP contribution in [0.1, 0.15) is 25.7 Å². The van der Waals surface area contributed by atoms with Gasteiger partial charge in [-0.1, -0.05) is 18.2 Å². The highest BCUT2D eigenvalue weighted by Crippen LogP contribution is 2.56. The van der Waals surface area contributed by atoms with Crippen molar-refractivity contribution < 1.29 is 9.09 Å². The summed E-state index contributed by atoms with van der Waals surface area (Å²) in [6, 6.07) is 9.57. The van der Waals surface area contributed by atoms with Crippen molar-refractivity contribution in [2.24, 2.45) is 0 Å². The van der Waals surface area contributed by atoms with Crippen LogP contribution in [-0.4, -0.2) is 35.5 Å². The van der Waals surface area contributed by atoms with Crippen LogP contribution in [0.15, 0.2) is 30.3 Å². The SMILES string of the molecule is O=P(Oc1ccccc1)(N1CCCC1)N1CCCC1. The normalized spacial score (nSPS) is 21.9. The van der Waals surface area contributed by atoms with E-state index in [9.17, 15) is 4.57 Å². The van der Waals surface area contributed by atoms with Crippen molar-refractivity contribution in [2.75, 3.05) is 26.2 Å². The van der Waals surface area contributed by atoms with Crippen LogP contribution in [0.3, 0.4) is 0 Å². The third-order valence-electron chi connectivity index (χ3n) is 3.85. The minimum atomic E-state index is -2.87. The van der Waals surface area contributed by atoms with Gasteiger partial charge in [-0.2, -0.15) is 0 Å². The highest BCUT2D eigenvalue weighted by atomic mass is 31.2. The van der Waals surface area contributed by atoms with E-state index >= 15 is 0 Å². The van der Waals surface area contributed by atoms with Gasteiger partial charge in [0, 0.05) is 26.2 Å². The van der Waals surface area contributed by atoms with Crippen LogP contribution in [0.4, 0.5) is 0 Å². The molecular formula is C14H21N2O2P. The molecule has 0 unspecified atom stereocenters. The van der Waals surface area contributed by atoms with E-state index < -0.39 is 7.67 Å². The summed E-state index contributed by atoms with van der Waals surface area (Å²) in [7, 11) is -2.87. The number of benzene rings is 1. The van der Waals surface area contributed by atoms with E-state index in [1.165, 1.54) is 0 Å². The Labute approximate surface area is 114 Å². The molecule has 2 fully saturated rings. The van der Waals surface area contributed by atoms with Crippen molar-refractivity contribution in [1.82, 2.24) is 9.34 Å². The Kier molecular flexibility index (Phi) is 3.92. The van der Waals surface area contributed by atoms with Gasteiger partial charge in [-0.25, -0.2) is 13.9 Å². The third kappa shape index (κ3) is 2.71. The van der Waals surface area contributed by atoms with Crippen LogP contribution in [0.25, 0.3) is 0 Å². The highest BCUT2D eigenvalue weighted by Gasteiger charge is 2.42. The molecule has 2 saturated heterocycles. The van der Waals surface area contributed by atoms with Crippen molar-refractivity contribution >= 4 is 7.67 Å². The average Bonchev–Trinajstić information content (AvgIpc) is 3.14. The molecule has 0 radical (unpaired) electrons. The van der Waals surface area contributed by atoms with Gasteiger partial charge in [0.1, 0.15) is 5.75 Å². The third-order valence-corrected chi connectivity index (χ3v) is 6.53. The zero-order valence-electron chi connectivity index (χ0n) is 11.2. The first-order chi connectivity index (χ1) is 9.29. The number of hydrogen-bond donors (Lipinski definition) is 0. The lowest BCUT2D eigenvalue weighted by atomic mass is 10.3. The molecule has 2 aliphatic heterocycles. The van der Waals surface area contributed by atoms with Crippen LogP contribution in [0.2, 0.25) is 0 Å². The molecule has 0 aliphatic carbocycles. The van der Waals surface area contributed by atoms with Crippen LogP contribution in [-0.2, 0) is 4.57 Å². The molecule has 0 aromatic heterocycles. The Hall–Kier alpha value is -0.830. The van der Waals surface area contributed by atoms with E-state index in [0.717, 1.165) is 51.9 Å². The Morgan fingerprint density at radius 2 is 1.32 bits per heavy atom. The summed E-state index contributed by atoms with van der Waals surface area (Å²) in [5.74, 6) is 0.713. The summed E-state index contributed by atoms with van der Waals surface area (Å²) < 4.78 is 23.5. The minimum Gasteiger partial charge on any atom is -0.422 e. The lowest BCUT2D eigenvalue weighted by molar-refractivity contribution is 0.315. The molecule has 0 saturated carbocycles. The van der Waals surface area contributed by atoms with E-state index in [0.29, 0.717) is 5.75 Å². The van der Waals surface area contributed by atoms with Gasteiger partial charge < -0.3 is 4.52 Å². The Morgan fingerprint density at radius 3 is 1.79 bits per heavy atom. The average molecular weight is 280 g/mol. The summed E-state index contributed by atoms with van der Waals surface area (Å²) in [6.07, 6.45) is 4.48. The summed E-state index contributed by atoms with van der Waals surface area (Å²) in [6.45, 7) is 3.56. The van der Waals surface area contributed by atoms with E-state index in [2.05, 4.69) is 9.34 Å². The number of hydrogen-bond acceptors (Lipinski definition) is 2. The molecule has 3 rings (SSSR count). The first-order valence-electron chi connectivity index (χ1n) is 7.14. The van der Waals surface area contributed by atoms with E-state index in [1.54, 1.807) is 0 Å². The van der Waals surface area contributed by atoms with Gasteiger partial charge in [-0.15, -0.1) is 0 Å². The lowest BCUT2D eigenvalue weighted by Gasteiger charge is -2.33. The van der Waals surface area contributed by atoms with Crippen molar-refractivity contribution in [2.45, 2.75) is 25.7 Å². The van der Waals surface area contributed by atoms with E-state index in [4.69, 9.17) is 4.52 Å². The standard InChI is InChI=1S/C14H21N2O2P/c17-19(15-10-4-5-11-15,16-12-6-7-13-16)18-14-8-2-1-3-9-14/h1-3,8-9H,4-7,10-13H2. The largest absolute Gasteiger partial charge is 0.422 e. The second-order valence-electron chi connectivity index (χ2n) is 5.22. The molecule has 19 heavy (non-hydrogen) atoms. The molecule has 0 N–H and O–H groups in total. The fourth-order valence-electron chi connectivity index (χ4n) is 2.82. The van der Waals surface area contributed by atoms with Gasteiger partial charge in [0.05, 0.1) is 0 Å². The van der Waals surface area contributed by atoms with Crippen LogP contribution in [0, 0.1) is 0 Å². The summed E-state index contributed by atoms with van der Waals surface area (Å²) in [5.41, 5.74) is 0. The zero-order valence-corrected chi connectivity index (χ0v) is 12.1. The van der Waals surface area contributed by atoms with Gasteiger partial charge in [0.2, 0.25) is 0 Å². The molecule has 4 nitrogen and oxygen atoms in total. The van der Waals surface area contributed by atoms with Crippen LogP contribution < -0.4 is 4.52 Å². The first kappa shape index (κ1) is 13.2. The van der Waals surface area contributed by atoms with Crippen molar-refractivity contribution in [3.8, 4) is 5.75 Å². The molecule has 0 atom stereocenters. The molecule has 5 heteroatoms. The summed E-state index contributed by atoms with van der Waals surface area (Å²) >= 11 is 0. The second-order valence-corrected chi connectivity index (χ2v) is 7.51. The molecule has 104 valence electrons. The summed E-state index contributed by atoms with van der Waals surface area (Å²) in [5, 5.41) is 0. The Balaban J connectivity index is 1.85. The molecule has 0 amide bonds. The maximum atomic E-state index is 13.4. The van der Waals surface area contributed by atoms with Crippen LogP contribution in [0.5, 0.6) is 5.75 Å². The number of nitrogens with zero attached hydrogens (tertiary/aromatic N) is 2. The monoisotopic (exact) mass is 280 g/mol. The van der Waals surface area contributed by atoms with Crippen molar-refractivity contribution in [3.63, 3.8) is 0 Å². The predicted molar refractivity (Wildman–Crippen MR) is 76.3 cm³/mol. The Bertz CT molecular complexity index is 434. The molecular weight excluding hydrogens is 259 g/mol. The predicted octanol–water partition coefficient (Wildman–Crippen LogP) is 3.37. The number of para-hydroxylation sites is 1. The molecule has 1 aromatic rings. The Morgan fingerprint density at radius 1 is 0.842 bits per heavy atom. The first-order valence-corrected chi connectivity index (χ1v) is 8.68.